The Bertz CT molecular complexity index is 958. The first-order valence-corrected chi connectivity index (χ1v) is 11.1. The van der Waals surface area contributed by atoms with Crippen LogP contribution in [-0.4, -0.2) is 42.0 Å². The van der Waals surface area contributed by atoms with E-state index < -0.39 is 29.4 Å². The number of hydrogen-bond acceptors (Lipinski definition) is 4. The fourth-order valence-electron chi connectivity index (χ4n) is 4.18. The zero-order valence-corrected chi connectivity index (χ0v) is 19.1. The van der Waals surface area contributed by atoms with Gasteiger partial charge < -0.3 is 20.5 Å². The standard InChI is InChI=1S/C25H31F3N2O3/c1-15(31)30-22(11-17-8-18(26)12-19(27)9-17)23(32)14-29-21-6-7-33-24-5-4-16(10-20(21)24)13-25(2,3)28/h4-5,8-10,12,21-23,29,32H,6-7,11,13-14H2,1-3H3,(H,30,31)/t21-,22-,23+/m0/s1. The number of amides is 1. The van der Waals surface area contributed by atoms with Crippen molar-refractivity contribution >= 4 is 5.91 Å². The van der Waals surface area contributed by atoms with E-state index in [0.29, 0.717) is 24.3 Å². The highest BCUT2D eigenvalue weighted by Crippen LogP contribution is 2.34. The highest BCUT2D eigenvalue weighted by atomic mass is 19.1. The molecule has 1 heterocycles. The van der Waals surface area contributed by atoms with Crippen LogP contribution in [0.3, 0.4) is 0 Å². The lowest BCUT2D eigenvalue weighted by Crippen LogP contribution is -2.48. The molecule has 1 aliphatic rings. The molecule has 0 saturated carbocycles. The minimum absolute atomic E-state index is 0.0667. The van der Waals surface area contributed by atoms with Gasteiger partial charge in [0.05, 0.1) is 18.8 Å². The molecule has 5 nitrogen and oxygen atoms in total. The first kappa shape index (κ1) is 25.1. The van der Waals surface area contributed by atoms with Crippen LogP contribution in [0.2, 0.25) is 0 Å². The number of carbonyl (C=O) groups excluding carboxylic acids is 1. The maximum Gasteiger partial charge on any atom is 0.217 e. The van der Waals surface area contributed by atoms with Crippen LogP contribution >= 0.6 is 0 Å². The summed E-state index contributed by atoms with van der Waals surface area (Å²) in [5, 5.41) is 16.8. The van der Waals surface area contributed by atoms with E-state index >= 15 is 0 Å². The van der Waals surface area contributed by atoms with E-state index in [1.54, 1.807) is 0 Å². The summed E-state index contributed by atoms with van der Waals surface area (Å²) in [6, 6.07) is 7.86. The summed E-state index contributed by atoms with van der Waals surface area (Å²) >= 11 is 0. The van der Waals surface area contributed by atoms with Crippen molar-refractivity contribution in [1.82, 2.24) is 10.6 Å². The summed E-state index contributed by atoms with van der Waals surface area (Å²) in [6.07, 6.45) is -0.0246. The number of carbonyl (C=O) groups is 1. The lowest BCUT2D eigenvalue weighted by molar-refractivity contribution is -0.120. The fraction of sp³-hybridized carbons (Fsp3) is 0.480. The van der Waals surface area contributed by atoms with Gasteiger partial charge in [-0.2, -0.15) is 0 Å². The second-order valence-electron chi connectivity index (χ2n) is 9.22. The monoisotopic (exact) mass is 464 g/mol. The van der Waals surface area contributed by atoms with Crippen molar-refractivity contribution in [2.75, 3.05) is 13.2 Å². The first-order valence-electron chi connectivity index (χ1n) is 11.1. The van der Waals surface area contributed by atoms with Gasteiger partial charge in [0, 0.05) is 44.0 Å². The Morgan fingerprint density at radius 1 is 1.18 bits per heavy atom. The van der Waals surface area contributed by atoms with Crippen molar-refractivity contribution in [2.24, 2.45) is 0 Å². The number of aliphatic hydroxyl groups excluding tert-OH is 1. The van der Waals surface area contributed by atoms with Crippen LogP contribution in [-0.2, 0) is 17.6 Å². The number of benzene rings is 2. The molecule has 0 fully saturated rings. The Morgan fingerprint density at radius 2 is 1.88 bits per heavy atom. The summed E-state index contributed by atoms with van der Waals surface area (Å²) in [4.78, 5) is 11.7. The van der Waals surface area contributed by atoms with Crippen molar-refractivity contribution in [2.45, 2.75) is 63.9 Å². The molecule has 0 saturated heterocycles. The van der Waals surface area contributed by atoms with Gasteiger partial charge in [-0.25, -0.2) is 13.2 Å². The van der Waals surface area contributed by atoms with Crippen molar-refractivity contribution in [3.8, 4) is 5.75 Å². The van der Waals surface area contributed by atoms with Gasteiger partial charge in [0.1, 0.15) is 23.1 Å². The van der Waals surface area contributed by atoms with Gasteiger partial charge >= 0.3 is 0 Å². The predicted molar refractivity (Wildman–Crippen MR) is 120 cm³/mol. The van der Waals surface area contributed by atoms with Crippen molar-refractivity contribution in [1.29, 1.82) is 0 Å². The lowest BCUT2D eigenvalue weighted by Gasteiger charge is -2.30. The van der Waals surface area contributed by atoms with Gasteiger partial charge in [-0.15, -0.1) is 0 Å². The second kappa shape index (κ2) is 10.6. The van der Waals surface area contributed by atoms with Crippen LogP contribution < -0.4 is 15.4 Å². The third-order valence-corrected chi connectivity index (χ3v) is 5.54. The maximum atomic E-state index is 14.1. The summed E-state index contributed by atoms with van der Waals surface area (Å²) in [5.41, 5.74) is 0.729. The molecule has 33 heavy (non-hydrogen) atoms. The number of aliphatic hydroxyl groups is 1. The third kappa shape index (κ3) is 7.47. The molecule has 0 spiro atoms. The molecular weight excluding hydrogens is 433 g/mol. The third-order valence-electron chi connectivity index (χ3n) is 5.54. The van der Waals surface area contributed by atoms with E-state index in [-0.39, 0.29) is 31.3 Å². The molecule has 1 aliphatic heterocycles. The number of ether oxygens (including phenoxy) is 1. The fourth-order valence-corrected chi connectivity index (χ4v) is 4.18. The minimum Gasteiger partial charge on any atom is -0.493 e. The van der Waals surface area contributed by atoms with E-state index in [1.165, 1.54) is 32.9 Å². The van der Waals surface area contributed by atoms with Gasteiger partial charge in [-0.3, -0.25) is 4.79 Å². The van der Waals surface area contributed by atoms with Crippen LogP contribution in [0.25, 0.3) is 0 Å². The molecule has 0 aromatic heterocycles. The molecule has 1 amide bonds. The molecule has 3 rings (SSSR count). The highest BCUT2D eigenvalue weighted by molar-refractivity contribution is 5.73. The Kier molecular flexibility index (Phi) is 8.02. The van der Waals surface area contributed by atoms with Gasteiger partial charge in [0.15, 0.2) is 0 Å². The number of hydrogen-bond donors (Lipinski definition) is 3. The van der Waals surface area contributed by atoms with Gasteiger partial charge in [-0.1, -0.05) is 12.1 Å². The SMILES string of the molecule is CC(=O)N[C@@H](Cc1cc(F)cc(F)c1)[C@H](O)CN[C@H]1CCOc2ccc(CC(C)(C)F)cc21. The minimum atomic E-state index is -1.34. The van der Waals surface area contributed by atoms with E-state index in [1.807, 2.05) is 18.2 Å². The van der Waals surface area contributed by atoms with Gasteiger partial charge in [0.2, 0.25) is 5.91 Å². The normalized spacial score (nSPS) is 17.6. The summed E-state index contributed by atoms with van der Waals surface area (Å²) in [7, 11) is 0. The van der Waals surface area contributed by atoms with Crippen LogP contribution in [0.4, 0.5) is 13.2 Å². The van der Waals surface area contributed by atoms with Crippen LogP contribution in [0.5, 0.6) is 5.75 Å². The molecule has 180 valence electrons. The number of nitrogens with one attached hydrogen (secondary N) is 2. The highest BCUT2D eigenvalue weighted by Gasteiger charge is 2.26. The van der Waals surface area contributed by atoms with E-state index in [2.05, 4.69) is 10.6 Å². The van der Waals surface area contributed by atoms with Crippen LogP contribution in [0.15, 0.2) is 36.4 Å². The van der Waals surface area contributed by atoms with E-state index in [0.717, 1.165) is 17.2 Å². The van der Waals surface area contributed by atoms with Crippen molar-refractivity contribution < 1.29 is 27.8 Å². The smallest absolute Gasteiger partial charge is 0.217 e. The van der Waals surface area contributed by atoms with Gasteiger partial charge in [0.25, 0.3) is 0 Å². The summed E-state index contributed by atoms with van der Waals surface area (Å²) in [6.45, 7) is 5.00. The largest absolute Gasteiger partial charge is 0.493 e. The Morgan fingerprint density at radius 3 is 2.52 bits per heavy atom. The zero-order chi connectivity index (χ0) is 24.2. The van der Waals surface area contributed by atoms with E-state index in [4.69, 9.17) is 4.74 Å². The second-order valence-corrected chi connectivity index (χ2v) is 9.22. The average molecular weight is 465 g/mol. The average Bonchev–Trinajstić information content (AvgIpc) is 2.69. The maximum absolute atomic E-state index is 14.1. The molecule has 0 radical (unpaired) electrons. The topological polar surface area (TPSA) is 70.6 Å². The molecule has 3 atom stereocenters. The molecule has 8 heteroatoms. The predicted octanol–water partition coefficient (Wildman–Crippen LogP) is 3.78. The quantitative estimate of drug-likeness (QED) is 0.528. The number of alkyl halides is 1. The van der Waals surface area contributed by atoms with Crippen molar-refractivity contribution in [3.63, 3.8) is 0 Å². The summed E-state index contributed by atoms with van der Waals surface area (Å²) < 4.78 is 47.0. The van der Waals surface area contributed by atoms with Crippen LogP contribution in [0, 0.1) is 11.6 Å². The molecule has 3 N–H and O–H groups in total. The molecule has 0 unspecified atom stereocenters. The van der Waals surface area contributed by atoms with Gasteiger partial charge in [-0.05, 0) is 49.6 Å². The van der Waals surface area contributed by atoms with Crippen molar-refractivity contribution in [3.05, 3.63) is 64.7 Å². The Balaban J connectivity index is 1.70. The first-order chi connectivity index (χ1) is 15.5. The summed E-state index contributed by atoms with van der Waals surface area (Å²) in [5.74, 6) is -1.08. The molecule has 2 aromatic rings. The lowest BCUT2D eigenvalue weighted by atomic mass is 9.93. The molecule has 2 aromatic carbocycles. The Hall–Kier alpha value is -2.58. The molecular formula is C25H31F3N2O3. The number of rotatable bonds is 9. The van der Waals surface area contributed by atoms with E-state index in [9.17, 15) is 23.1 Å². The molecule has 0 bridgehead atoms. The number of fused-ring (bicyclic) bond motifs is 1. The Labute approximate surface area is 192 Å². The number of halogens is 3. The molecule has 0 aliphatic carbocycles. The van der Waals surface area contributed by atoms with Crippen LogP contribution in [0.1, 0.15) is 49.9 Å². The zero-order valence-electron chi connectivity index (χ0n) is 19.1.